The van der Waals surface area contributed by atoms with Crippen molar-refractivity contribution in [3.8, 4) is 0 Å². The van der Waals surface area contributed by atoms with Crippen LogP contribution < -0.4 is 5.32 Å². The van der Waals surface area contributed by atoms with Crippen LogP contribution in [0.4, 0.5) is 4.39 Å². The number of rotatable bonds is 5. The minimum atomic E-state index is -0.387. The summed E-state index contributed by atoms with van der Waals surface area (Å²) < 4.78 is 15.3. The van der Waals surface area contributed by atoms with Gasteiger partial charge in [0.15, 0.2) is 0 Å². The van der Waals surface area contributed by atoms with Gasteiger partial charge in [-0.15, -0.1) is 0 Å². The van der Waals surface area contributed by atoms with E-state index >= 15 is 0 Å². The van der Waals surface area contributed by atoms with E-state index in [1.165, 1.54) is 6.07 Å². The fourth-order valence-corrected chi connectivity index (χ4v) is 1.84. The number of hydrogen-bond donors (Lipinski definition) is 1. The third kappa shape index (κ3) is 3.09. The zero-order valence-corrected chi connectivity index (χ0v) is 10.9. The van der Waals surface area contributed by atoms with Crippen LogP contribution in [0.3, 0.4) is 0 Å². The molecule has 0 unspecified atom stereocenters. The zero-order valence-electron chi connectivity index (χ0n) is 10.2. The Labute approximate surface area is 111 Å². The van der Waals surface area contributed by atoms with Crippen molar-refractivity contribution in [1.29, 1.82) is 0 Å². The average molecular weight is 268 g/mol. The first-order valence-corrected chi connectivity index (χ1v) is 6.23. The van der Waals surface area contributed by atoms with Crippen molar-refractivity contribution < 1.29 is 4.39 Å². The van der Waals surface area contributed by atoms with Gasteiger partial charge in [-0.25, -0.2) is 9.37 Å². The number of aromatic nitrogens is 2. The predicted molar refractivity (Wildman–Crippen MR) is 70.1 cm³/mol. The molecule has 1 aromatic heterocycles. The first kappa shape index (κ1) is 13.1. The Morgan fingerprint density at radius 1 is 1.44 bits per heavy atom. The van der Waals surface area contributed by atoms with Crippen LogP contribution in [0.25, 0.3) is 0 Å². The third-order valence-electron chi connectivity index (χ3n) is 2.67. The summed E-state index contributed by atoms with van der Waals surface area (Å²) in [7, 11) is 0. The van der Waals surface area contributed by atoms with Crippen molar-refractivity contribution in [1.82, 2.24) is 14.9 Å². The first-order chi connectivity index (χ1) is 8.70. The Morgan fingerprint density at radius 3 is 3.00 bits per heavy atom. The summed E-state index contributed by atoms with van der Waals surface area (Å²) in [6.07, 6.45) is 3.64. The van der Waals surface area contributed by atoms with Gasteiger partial charge in [0, 0.05) is 18.9 Å². The number of nitrogens with one attached hydrogen (secondary N) is 1. The highest BCUT2D eigenvalue weighted by molar-refractivity contribution is 6.30. The summed E-state index contributed by atoms with van der Waals surface area (Å²) in [4.78, 5) is 4.27. The number of imidazole rings is 1. The van der Waals surface area contributed by atoms with E-state index in [0.29, 0.717) is 13.1 Å². The van der Waals surface area contributed by atoms with Crippen LogP contribution in [0.5, 0.6) is 0 Å². The summed E-state index contributed by atoms with van der Waals surface area (Å²) in [6, 6.07) is 4.86. The topological polar surface area (TPSA) is 29.9 Å². The average Bonchev–Trinajstić information content (AvgIpc) is 2.79. The second-order valence-electron chi connectivity index (χ2n) is 4.00. The lowest BCUT2D eigenvalue weighted by molar-refractivity contribution is 0.617. The minimum absolute atomic E-state index is 0.150. The lowest BCUT2D eigenvalue weighted by Crippen LogP contribution is -2.16. The molecule has 1 N–H and O–H groups in total. The Kier molecular flexibility index (Phi) is 4.33. The molecule has 0 spiro atoms. The van der Waals surface area contributed by atoms with Crippen LogP contribution in [0.2, 0.25) is 5.02 Å². The first-order valence-electron chi connectivity index (χ1n) is 5.85. The van der Waals surface area contributed by atoms with E-state index in [4.69, 9.17) is 11.6 Å². The van der Waals surface area contributed by atoms with Gasteiger partial charge in [0.05, 0.1) is 11.6 Å². The van der Waals surface area contributed by atoms with Gasteiger partial charge in [0.25, 0.3) is 0 Å². The van der Waals surface area contributed by atoms with E-state index in [-0.39, 0.29) is 10.8 Å². The molecule has 0 saturated carbocycles. The quantitative estimate of drug-likeness (QED) is 0.903. The lowest BCUT2D eigenvalue weighted by atomic mass is 10.2. The molecule has 0 aliphatic rings. The standard InChI is InChI=1S/C13H15ClFN3/c1-2-16-8-13-17-5-6-18(13)9-10-3-4-11(14)12(15)7-10/h3-7,16H,2,8-9H2,1H3. The molecule has 0 atom stereocenters. The molecular formula is C13H15ClFN3. The molecule has 1 heterocycles. The van der Waals surface area contributed by atoms with E-state index in [1.54, 1.807) is 12.3 Å². The van der Waals surface area contributed by atoms with Crippen molar-refractivity contribution in [2.75, 3.05) is 6.54 Å². The number of benzene rings is 1. The minimum Gasteiger partial charge on any atom is -0.329 e. The van der Waals surface area contributed by atoms with Crippen LogP contribution in [0, 0.1) is 5.82 Å². The Balaban J connectivity index is 2.13. The third-order valence-corrected chi connectivity index (χ3v) is 2.98. The highest BCUT2D eigenvalue weighted by Gasteiger charge is 2.05. The van der Waals surface area contributed by atoms with Crippen molar-refractivity contribution >= 4 is 11.6 Å². The maximum absolute atomic E-state index is 13.3. The monoisotopic (exact) mass is 267 g/mol. The van der Waals surface area contributed by atoms with Gasteiger partial charge < -0.3 is 9.88 Å². The molecular weight excluding hydrogens is 253 g/mol. The van der Waals surface area contributed by atoms with Gasteiger partial charge in [-0.3, -0.25) is 0 Å². The molecule has 0 fully saturated rings. The normalized spacial score (nSPS) is 10.8. The Hall–Kier alpha value is -1.39. The highest BCUT2D eigenvalue weighted by atomic mass is 35.5. The molecule has 0 aliphatic carbocycles. The largest absolute Gasteiger partial charge is 0.329 e. The molecule has 18 heavy (non-hydrogen) atoms. The molecule has 0 bridgehead atoms. The lowest BCUT2D eigenvalue weighted by Gasteiger charge is -2.08. The van der Waals surface area contributed by atoms with Gasteiger partial charge in [0.2, 0.25) is 0 Å². The smallest absolute Gasteiger partial charge is 0.142 e. The van der Waals surface area contributed by atoms with Gasteiger partial charge in [-0.1, -0.05) is 24.6 Å². The zero-order chi connectivity index (χ0) is 13.0. The van der Waals surface area contributed by atoms with Crippen molar-refractivity contribution in [3.05, 3.63) is 52.8 Å². The van der Waals surface area contributed by atoms with Crippen molar-refractivity contribution in [2.45, 2.75) is 20.0 Å². The summed E-state index contributed by atoms with van der Waals surface area (Å²) in [5.74, 6) is 0.551. The molecule has 2 aromatic rings. The number of hydrogen-bond acceptors (Lipinski definition) is 2. The van der Waals surface area contributed by atoms with E-state index < -0.39 is 0 Å². The van der Waals surface area contributed by atoms with Crippen molar-refractivity contribution in [2.24, 2.45) is 0 Å². The van der Waals surface area contributed by atoms with Crippen LogP contribution in [0.1, 0.15) is 18.3 Å². The van der Waals surface area contributed by atoms with Crippen LogP contribution in [-0.4, -0.2) is 16.1 Å². The molecule has 5 heteroatoms. The van der Waals surface area contributed by atoms with E-state index in [9.17, 15) is 4.39 Å². The molecule has 2 rings (SSSR count). The van der Waals surface area contributed by atoms with Gasteiger partial charge in [0.1, 0.15) is 11.6 Å². The maximum atomic E-state index is 13.3. The molecule has 1 aromatic carbocycles. The number of halogens is 2. The van der Waals surface area contributed by atoms with E-state index in [1.807, 2.05) is 23.8 Å². The fourth-order valence-electron chi connectivity index (χ4n) is 1.72. The van der Waals surface area contributed by atoms with Crippen LogP contribution in [0.15, 0.2) is 30.6 Å². The second-order valence-corrected chi connectivity index (χ2v) is 4.41. The van der Waals surface area contributed by atoms with Gasteiger partial charge in [-0.05, 0) is 24.2 Å². The van der Waals surface area contributed by atoms with Crippen LogP contribution >= 0.6 is 11.6 Å². The van der Waals surface area contributed by atoms with E-state index in [0.717, 1.165) is 17.9 Å². The van der Waals surface area contributed by atoms with Gasteiger partial charge >= 0.3 is 0 Å². The highest BCUT2D eigenvalue weighted by Crippen LogP contribution is 2.16. The Morgan fingerprint density at radius 2 is 2.28 bits per heavy atom. The van der Waals surface area contributed by atoms with Crippen molar-refractivity contribution in [3.63, 3.8) is 0 Å². The van der Waals surface area contributed by atoms with Crippen LogP contribution in [-0.2, 0) is 13.1 Å². The summed E-state index contributed by atoms with van der Waals surface area (Å²) in [5, 5.41) is 3.37. The maximum Gasteiger partial charge on any atom is 0.142 e. The molecule has 96 valence electrons. The number of nitrogens with zero attached hydrogens (tertiary/aromatic N) is 2. The molecule has 0 aliphatic heterocycles. The molecule has 0 amide bonds. The predicted octanol–water partition coefficient (Wildman–Crippen LogP) is 2.83. The molecule has 0 radical (unpaired) electrons. The summed E-state index contributed by atoms with van der Waals surface area (Å²) >= 11 is 5.66. The van der Waals surface area contributed by atoms with E-state index in [2.05, 4.69) is 10.3 Å². The second kappa shape index (κ2) is 5.98. The molecule has 3 nitrogen and oxygen atoms in total. The SMILES string of the molecule is CCNCc1nccn1Cc1ccc(Cl)c(F)c1. The Bertz CT molecular complexity index is 525. The summed E-state index contributed by atoms with van der Waals surface area (Å²) in [6.45, 7) is 4.23. The summed E-state index contributed by atoms with van der Waals surface area (Å²) in [5.41, 5.74) is 0.868. The molecule has 0 saturated heterocycles. The fraction of sp³-hybridized carbons (Fsp3) is 0.308. The van der Waals surface area contributed by atoms with Gasteiger partial charge in [-0.2, -0.15) is 0 Å².